The van der Waals surface area contributed by atoms with Crippen molar-refractivity contribution in [3.63, 3.8) is 0 Å². The molecule has 2 atom stereocenters. The number of likely N-dealkylation sites (tertiary alicyclic amines) is 1. The number of carbonyl (C=O) groups excluding carboxylic acids is 2. The van der Waals surface area contributed by atoms with Gasteiger partial charge in [-0.15, -0.1) is 5.48 Å². The summed E-state index contributed by atoms with van der Waals surface area (Å²) in [4.78, 5) is 37.2. The molecule has 0 bridgehead atoms. The van der Waals surface area contributed by atoms with Gasteiger partial charge in [0.2, 0.25) is 5.91 Å². The molecule has 0 aliphatic carbocycles. The number of ether oxygens (including phenoxy) is 2. The molecule has 180 valence electrons. The summed E-state index contributed by atoms with van der Waals surface area (Å²) < 4.78 is 10.8. The van der Waals surface area contributed by atoms with Crippen LogP contribution < -0.4 is 20.3 Å². The Bertz CT molecular complexity index is 1050. The molecule has 9 heteroatoms. The van der Waals surface area contributed by atoms with E-state index in [0.717, 1.165) is 5.56 Å². The Morgan fingerprint density at radius 2 is 1.82 bits per heavy atom. The molecule has 2 aliphatic heterocycles. The molecule has 9 nitrogen and oxygen atoms in total. The lowest BCUT2D eigenvalue weighted by molar-refractivity contribution is -0.134. The first kappa shape index (κ1) is 23.6. The van der Waals surface area contributed by atoms with Gasteiger partial charge in [-0.25, -0.2) is 4.99 Å². The molecule has 2 heterocycles. The summed E-state index contributed by atoms with van der Waals surface area (Å²) in [5.41, 5.74) is 3.73. The average Bonchev–Trinajstić information content (AvgIpc) is 3.39. The highest BCUT2D eigenvalue weighted by atomic mass is 16.7. The van der Waals surface area contributed by atoms with Crippen molar-refractivity contribution in [1.29, 1.82) is 0 Å². The van der Waals surface area contributed by atoms with Crippen LogP contribution in [0.3, 0.4) is 0 Å². The quantitative estimate of drug-likeness (QED) is 0.650. The molecule has 2 unspecified atom stereocenters. The third kappa shape index (κ3) is 4.56. The second kappa shape index (κ2) is 10.1. The molecular weight excluding hydrogens is 436 g/mol. The van der Waals surface area contributed by atoms with Crippen LogP contribution in [0.15, 0.2) is 53.5 Å². The Balaban J connectivity index is 1.42. The lowest BCUT2D eigenvalue weighted by Crippen LogP contribution is -2.53. The molecule has 0 radical (unpaired) electrons. The van der Waals surface area contributed by atoms with Crippen LogP contribution in [-0.4, -0.2) is 56.5 Å². The largest absolute Gasteiger partial charge is 0.493 e. The van der Waals surface area contributed by atoms with Crippen LogP contribution in [0.25, 0.3) is 0 Å². The number of hydroxylamine groups is 1. The molecule has 2 aromatic carbocycles. The van der Waals surface area contributed by atoms with Gasteiger partial charge in [0.15, 0.2) is 23.6 Å². The number of hydrogen-bond donors (Lipinski definition) is 2. The average molecular weight is 467 g/mol. The second-order valence-corrected chi connectivity index (χ2v) is 8.45. The molecule has 0 spiro atoms. The van der Waals surface area contributed by atoms with Gasteiger partial charge >= 0.3 is 0 Å². The van der Waals surface area contributed by atoms with E-state index in [-0.39, 0.29) is 17.7 Å². The molecule has 1 saturated heterocycles. The van der Waals surface area contributed by atoms with E-state index in [1.54, 1.807) is 50.3 Å². The molecule has 0 aromatic heterocycles. The van der Waals surface area contributed by atoms with Crippen LogP contribution in [0, 0.1) is 5.92 Å². The number of aliphatic imine (C=N–C) groups is 1. The van der Waals surface area contributed by atoms with Crippen molar-refractivity contribution in [2.45, 2.75) is 31.5 Å². The number of nitrogens with one attached hydrogen (secondary N) is 2. The Hall–Kier alpha value is -3.59. The summed E-state index contributed by atoms with van der Waals surface area (Å²) in [5, 5.41) is 2.80. The van der Waals surface area contributed by atoms with Gasteiger partial charge in [0.25, 0.3) is 5.91 Å². The zero-order valence-corrected chi connectivity index (χ0v) is 19.6. The summed E-state index contributed by atoms with van der Waals surface area (Å²) in [6.45, 7) is 2.83. The smallest absolute Gasteiger partial charge is 0.251 e. The highest BCUT2D eigenvalue weighted by Crippen LogP contribution is 2.42. The number of carbonyl (C=O) groups is 2. The van der Waals surface area contributed by atoms with Crippen molar-refractivity contribution in [3.05, 3.63) is 59.7 Å². The fourth-order valence-electron chi connectivity index (χ4n) is 4.61. The fourth-order valence-corrected chi connectivity index (χ4v) is 4.61. The van der Waals surface area contributed by atoms with Crippen molar-refractivity contribution in [2.24, 2.45) is 10.9 Å². The monoisotopic (exact) mass is 466 g/mol. The number of methoxy groups -OCH3 is 2. The van der Waals surface area contributed by atoms with Crippen molar-refractivity contribution in [1.82, 2.24) is 15.7 Å². The molecule has 34 heavy (non-hydrogen) atoms. The Morgan fingerprint density at radius 1 is 1.12 bits per heavy atom. The first-order valence-electron chi connectivity index (χ1n) is 11.3. The van der Waals surface area contributed by atoms with E-state index in [9.17, 15) is 9.59 Å². The summed E-state index contributed by atoms with van der Waals surface area (Å²) in [5.74, 6) is 0.977. The maximum atomic E-state index is 13.0. The SMILES string of the molecule is COc1ccc(C2(C3CCN(C(=O)C(C)NC(=O)c4ccccc4)CC3)N=CON2)cc1OC. The van der Waals surface area contributed by atoms with Gasteiger partial charge in [-0.2, -0.15) is 0 Å². The number of nitrogens with zero attached hydrogens (tertiary/aromatic N) is 2. The lowest BCUT2D eigenvalue weighted by Gasteiger charge is -2.40. The molecule has 4 rings (SSSR count). The first-order valence-corrected chi connectivity index (χ1v) is 11.3. The predicted molar refractivity (Wildman–Crippen MR) is 127 cm³/mol. The highest BCUT2D eigenvalue weighted by Gasteiger charge is 2.45. The predicted octanol–water partition coefficient (Wildman–Crippen LogP) is 2.48. The van der Waals surface area contributed by atoms with E-state index in [1.807, 2.05) is 24.3 Å². The van der Waals surface area contributed by atoms with E-state index < -0.39 is 11.7 Å². The topological polar surface area (TPSA) is 101 Å². The normalized spacial score (nSPS) is 21.0. The standard InChI is InChI=1S/C25H30N4O5/c1-17(27-23(30)18-7-5-4-6-8-18)24(31)29-13-11-19(12-14-29)25(26-16-34-28-25)20-9-10-21(32-2)22(15-20)33-3/h4-10,15-17,19,28H,11-14H2,1-3H3,(H,27,30). The molecular formula is C25H30N4O5. The van der Waals surface area contributed by atoms with Gasteiger partial charge in [-0.1, -0.05) is 24.3 Å². The van der Waals surface area contributed by atoms with Crippen LogP contribution in [0.1, 0.15) is 35.7 Å². The summed E-state index contributed by atoms with van der Waals surface area (Å²) >= 11 is 0. The molecule has 2 aliphatic rings. The number of piperidine rings is 1. The Labute approximate surface area is 199 Å². The van der Waals surface area contributed by atoms with Gasteiger partial charge in [-0.05, 0) is 44.0 Å². The third-order valence-electron chi connectivity index (χ3n) is 6.50. The maximum absolute atomic E-state index is 13.0. The lowest BCUT2D eigenvalue weighted by atomic mass is 9.80. The van der Waals surface area contributed by atoms with Crippen LogP contribution in [0.4, 0.5) is 0 Å². The van der Waals surface area contributed by atoms with Crippen LogP contribution in [0.5, 0.6) is 11.5 Å². The van der Waals surface area contributed by atoms with E-state index in [1.165, 1.54) is 6.40 Å². The van der Waals surface area contributed by atoms with Gasteiger partial charge < -0.3 is 24.5 Å². The summed E-state index contributed by atoms with van der Waals surface area (Å²) in [6, 6.07) is 14.0. The first-order chi connectivity index (χ1) is 16.5. The van der Waals surface area contributed by atoms with Gasteiger partial charge in [0.05, 0.1) is 14.2 Å². The summed E-state index contributed by atoms with van der Waals surface area (Å²) in [7, 11) is 3.19. The molecule has 2 N–H and O–H groups in total. The van der Waals surface area contributed by atoms with Gasteiger partial charge in [-0.3, -0.25) is 9.59 Å². The molecule has 2 aromatic rings. The highest BCUT2D eigenvalue weighted by molar-refractivity contribution is 5.97. The van der Waals surface area contributed by atoms with Crippen molar-refractivity contribution >= 4 is 18.2 Å². The second-order valence-electron chi connectivity index (χ2n) is 8.45. The minimum absolute atomic E-state index is 0.0858. The van der Waals surface area contributed by atoms with Crippen molar-refractivity contribution < 1.29 is 23.9 Å². The van der Waals surface area contributed by atoms with Crippen LogP contribution >= 0.6 is 0 Å². The maximum Gasteiger partial charge on any atom is 0.251 e. The molecule has 1 fully saturated rings. The zero-order valence-electron chi connectivity index (χ0n) is 19.6. The molecule has 0 saturated carbocycles. The minimum atomic E-state index is -0.776. The van der Waals surface area contributed by atoms with Crippen LogP contribution in [-0.2, 0) is 15.3 Å². The number of hydrogen-bond acceptors (Lipinski definition) is 7. The molecule has 2 amide bonds. The van der Waals surface area contributed by atoms with E-state index in [0.29, 0.717) is 43.0 Å². The summed E-state index contributed by atoms with van der Waals surface area (Å²) in [6.07, 6.45) is 2.84. The minimum Gasteiger partial charge on any atom is -0.493 e. The van der Waals surface area contributed by atoms with Gasteiger partial charge in [0.1, 0.15) is 6.04 Å². The zero-order chi connectivity index (χ0) is 24.1. The van der Waals surface area contributed by atoms with E-state index in [2.05, 4.69) is 15.8 Å². The Morgan fingerprint density at radius 3 is 2.44 bits per heavy atom. The van der Waals surface area contributed by atoms with Crippen molar-refractivity contribution in [2.75, 3.05) is 27.3 Å². The fraction of sp³-hybridized carbons (Fsp3) is 0.400. The van der Waals surface area contributed by atoms with E-state index >= 15 is 0 Å². The van der Waals surface area contributed by atoms with Crippen molar-refractivity contribution in [3.8, 4) is 11.5 Å². The number of amides is 2. The van der Waals surface area contributed by atoms with Crippen LogP contribution in [0.2, 0.25) is 0 Å². The Kier molecular flexibility index (Phi) is 7.02. The number of benzene rings is 2. The number of rotatable bonds is 7. The van der Waals surface area contributed by atoms with E-state index in [4.69, 9.17) is 14.3 Å². The van der Waals surface area contributed by atoms with Gasteiger partial charge in [0, 0.05) is 30.1 Å². The third-order valence-corrected chi connectivity index (χ3v) is 6.50.